The van der Waals surface area contributed by atoms with Crippen LogP contribution in [0.2, 0.25) is 0 Å². The minimum absolute atomic E-state index is 0.0800. The van der Waals surface area contributed by atoms with Gasteiger partial charge in [0, 0.05) is 19.0 Å². The molecule has 2 heterocycles. The topological polar surface area (TPSA) is 91.0 Å². The second kappa shape index (κ2) is 9.73. The molecule has 0 saturated carbocycles. The van der Waals surface area contributed by atoms with Gasteiger partial charge >= 0.3 is 6.03 Å². The number of carbonyl (C=O) groups is 3. The zero-order chi connectivity index (χ0) is 20.8. The summed E-state index contributed by atoms with van der Waals surface area (Å²) in [7, 11) is 1.58. The molecule has 2 aliphatic heterocycles. The van der Waals surface area contributed by atoms with E-state index in [0.717, 1.165) is 30.8 Å². The number of methoxy groups -OCH3 is 1. The fourth-order valence-electron chi connectivity index (χ4n) is 3.97. The van der Waals surface area contributed by atoms with Gasteiger partial charge in [-0.1, -0.05) is 19.1 Å². The van der Waals surface area contributed by atoms with Crippen molar-refractivity contribution in [1.29, 1.82) is 0 Å². The Labute approximate surface area is 171 Å². The summed E-state index contributed by atoms with van der Waals surface area (Å²) < 4.78 is 5.12. The number of hydrogen-bond donors (Lipinski definition) is 2. The Balaban J connectivity index is 1.44. The molecule has 158 valence electrons. The molecule has 8 heteroatoms. The Bertz CT molecular complexity index is 737. The standard InChI is InChI=1S/C21H30N4O4/c1-3-24-12-4-5-16(24)13-22-19(26)11-10-18-20(27)25(21(28)23-18)14-15-6-8-17(29-2)9-7-15/h6-9,16,18H,3-5,10-14H2,1-2H3,(H,22,26)(H,23,28)/t16-,18+/m1/s1. The molecule has 8 nitrogen and oxygen atoms in total. The molecule has 1 aromatic carbocycles. The summed E-state index contributed by atoms with van der Waals surface area (Å²) in [6, 6.07) is 6.56. The molecule has 0 radical (unpaired) electrons. The van der Waals surface area contributed by atoms with Gasteiger partial charge in [0.25, 0.3) is 5.91 Å². The van der Waals surface area contributed by atoms with Crippen molar-refractivity contribution in [2.24, 2.45) is 0 Å². The van der Waals surface area contributed by atoms with Gasteiger partial charge < -0.3 is 15.4 Å². The van der Waals surface area contributed by atoms with Crippen LogP contribution in [-0.2, 0) is 16.1 Å². The molecule has 29 heavy (non-hydrogen) atoms. The molecule has 2 fully saturated rings. The number of urea groups is 1. The lowest BCUT2D eigenvalue weighted by molar-refractivity contribution is -0.128. The number of ether oxygens (including phenoxy) is 1. The van der Waals surface area contributed by atoms with E-state index in [1.54, 1.807) is 19.2 Å². The van der Waals surface area contributed by atoms with E-state index in [4.69, 9.17) is 4.74 Å². The summed E-state index contributed by atoms with van der Waals surface area (Å²) in [5.41, 5.74) is 0.838. The predicted octanol–water partition coefficient (Wildman–Crippen LogP) is 1.50. The van der Waals surface area contributed by atoms with Crippen LogP contribution in [0.15, 0.2) is 24.3 Å². The summed E-state index contributed by atoms with van der Waals surface area (Å²) in [6.07, 6.45) is 2.79. The molecule has 0 aliphatic carbocycles. The molecule has 3 rings (SSSR count). The van der Waals surface area contributed by atoms with Gasteiger partial charge in [0.2, 0.25) is 5.91 Å². The molecule has 0 bridgehead atoms. The van der Waals surface area contributed by atoms with E-state index < -0.39 is 12.1 Å². The molecule has 4 amide bonds. The van der Waals surface area contributed by atoms with Gasteiger partial charge in [-0.05, 0) is 50.0 Å². The van der Waals surface area contributed by atoms with Crippen molar-refractivity contribution < 1.29 is 19.1 Å². The Morgan fingerprint density at radius 3 is 2.72 bits per heavy atom. The summed E-state index contributed by atoms with van der Waals surface area (Å²) in [5, 5.41) is 5.66. The number of carbonyl (C=O) groups excluding carboxylic acids is 3. The number of nitrogens with one attached hydrogen (secondary N) is 2. The number of imide groups is 1. The van der Waals surface area contributed by atoms with Crippen LogP contribution in [0.25, 0.3) is 0 Å². The van der Waals surface area contributed by atoms with E-state index in [1.165, 1.54) is 11.3 Å². The Kier molecular flexibility index (Phi) is 7.09. The van der Waals surface area contributed by atoms with Crippen LogP contribution in [0.3, 0.4) is 0 Å². The Hall–Kier alpha value is -2.61. The lowest BCUT2D eigenvalue weighted by atomic mass is 10.1. The highest BCUT2D eigenvalue weighted by atomic mass is 16.5. The third-order valence-corrected chi connectivity index (χ3v) is 5.71. The smallest absolute Gasteiger partial charge is 0.325 e. The quantitative estimate of drug-likeness (QED) is 0.611. The van der Waals surface area contributed by atoms with E-state index in [9.17, 15) is 14.4 Å². The molecular formula is C21H30N4O4. The van der Waals surface area contributed by atoms with Crippen molar-refractivity contribution >= 4 is 17.8 Å². The maximum absolute atomic E-state index is 12.6. The first-order chi connectivity index (χ1) is 14.0. The fourth-order valence-corrected chi connectivity index (χ4v) is 3.97. The van der Waals surface area contributed by atoms with E-state index in [2.05, 4.69) is 22.5 Å². The molecule has 2 aliphatic rings. The van der Waals surface area contributed by atoms with Gasteiger partial charge in [-0.3, -0.25) is 19.4 Å². The second-order valence-corrected chi connectivity index (χ2v) is 7.54. The first kappa shape index (κ1) is 21.1. The predicted molar refractivity (Wildman–Crippen MR) is 108 cm³/mol. The minimum atomic E-state index is -0.648. The van der Waals surface area contributed by atoms with Crippen molar-refractivity contribution in [1.82, 2.24) is 20.4 Å². The van der Waals surface area contributed by atoms with Gasteiger partial charge in [0.1, 0.15) is 11.8 Å². The zero-order valence-corrected chi connectivity index (χ0v) is 17.1. The van der Waals surface area contributed by atoms with Crippen LogP contribution in [0.1, 0.15) is 38.2 Å². The van der Waals surface area contributed by atoms with Crippen LogP contribution in [0.5, 0.6) is 5.75 Å². The second-order valence-electron chi connectivity index (χ2n) is 7.54. The Morgan fingerprint density at radius 1 is 1.28 bits per heavy atom. The lowest BCUT2D eigenvalue weighted by Gasteiger charge is -2.22. The maximum Gasteiger partial charge on any atom is 0.325 e. The van der Waals surface area contributed by atoms with E-state index in [0.29, 0.717) is 19.0 Å². The maximum atomic E-state index is 12.6. The minimum Gasteiger partial charge on any atom is -0.497 e. The molecule has 1 aromatic rings. The fraction of sp³-hybridized carbons (Fsp3) is 0.571. The molecule has 2 N–H and O–H groups in total. The summed E-state index contributed by atoms with van der Waals surface area (Å²) in [5.74, 6) is 0.352. The van der Waals surface area contributed by atoms with Gasteiger partial charge in [0.15, 0.2) is 0 Å². The summed E-state index contributed by atoms with van der Waals surface area (Å²) >= 11 is 0. The van der Waals surface area contributed by atoms with Crippen LogP contribution >= 0.6 is 0 Å². The molecule has 2 saturated heterocycles. The molecule has 0 aromatic heterocycles. The molecule has 2 atom stereocenters. The first-order valence-corrected chi connectivity index (χ1v) is 10.3. The number of hydrogen-bond acceptors (Lipinski definition) is 5. The molecule has 0 unspecified atom stereocenters. The summed E-state index contributed by atoms with van der Waals surface area (Å²) in [6.45, 7) is 5.05. The van der Waals surface area contributed by atoms with Crippen LogP contribution < -0.4 is 15.4 Å². The van der Waals surface area contributed by atoms with Gasteiger partial charge in [-0.15, -0.1) is 0 Å². The van der Waals surface area contributed by atoms with Gasteiger partial charge in [-0.25, -0.2) is 4.79 Å². The highest BCUT2D eigenvalue weighted by Crippen LogP contribution is 2.18. The van der Waals surface area contributed by atoms with Crippen LogP contribution in [-0.4, -0.2) is 66.5 Å². The first-order valence-electron chi connectivity index (χ1n) is 10.3. The van der Waals surface area contributed by atoms with E-state index >= 15 is 0 Å². The van der Waals surface area contributed by atoms with E-state index in [1.807, 2.05) is 12.1 Å². The Morgan fingerprint density at radius 2 is 2.03 bits per heavy atom. The van der Waals surface area contributed by atoms with Crippen LogP contribution in [0.4, 0.5) is 4.79 Å². The summed E-state index contributed by atoms with van der Waals surface area (Å²) in [4.78, 5) is 40.5. The van der Waals surface area contributed by atoms with Crippen LogP contribution in [0, 0.1) is 0 Å². The average molecular weight is 402 g/mol. The van der Waals surface area contributed by atoms with Crippen molar-refractivity contribution in [2.45, 2.75) is 51.2 Å². The number of nitrogens with zero attached hydrogens (tertiary/aromatic N) is 2. The number of likely N-dealkylation sites (N-methyl/N-ethyl adjacent to an activating group) is 1. The number of amides is 4. The van der Waals surface area contributed by atoms with Crippen molar-refractivity contribution in [3.63, 3.8) is 0 Å². The number of rotatable bonds is 9. The highest BCUT2D eigenvalue weighted by molar-refractivity contribution is 6.04. The number of likely N-dealkylation sites (tertiary alicyclic amines) is 1. The third kappa shape index (κ3) is 5.26. The van der Waals surface area contributed by atoms with Gasteiger partial charge in [-0.2, -0.15) is 0 Å². The normalized spacial score (nSPS) is 22.1. The third-order valence-electron chi connectivity index (χ3n) is 5.71. The lowest BCUT2D eigenvalue weighted by Crippen LogP contribution is -2.40. The molecule has 0 spiro atoms. The zero-order valence-electron chi connectivity index (χ0n) is 17.1. The largest absolute Gasteiger partial charge is 0.497 e. The van der Waals surface area contributed by atoms with Crippen molar-refractivity contribution in [2.75, 3.05) is 26.7 Å². The molecular weight excluding hydrogens is 372 g/mol. The highest BCUT2D eigenvalue weighted by Gasteiger charge is 2.37. The monoisotopic (exact) mass is 402 g/mol. The van der Waals surface area contributed by atoms with Crippen molar-refractivity contribution in [3.05, 3.63) is 29.8 Å². The average Bonchev–Trinajstić information content (AvgIpc) is 3.30. The van der Waals surface area contributed by atoms with Crippen molar-refractivity contribution in [3.8, 4) is 5.75 Å². The SMILES string of the molecule is CCN1CCC[C@@H]1CNC(=O)CC[C@@H]1NC(=O)N(Cc2ccc(OC)cc2)C1=O. The van der Waals surface area contributed by atoms with Gasteiger partial charge in [0.05, 0.1) is 13.7 Å². The van der Waals surface area contributed by atoms with E-state index in [-0.39, 0.29) is 24.8 Å². The number of benzene rings is 1.